The van der Waals surface area contributed by atoms with Crippen LogP contribution in [0.2, 0.25) is 0 Å². The van der Waals surface area contributed by atoms with Crippen LogP contribution in [-0.4, -0.2) is 4.57 Å². The van der Waals surface area contributed by atoms with Crippen molar-refractivity contribution < 1.29 is 13.7 Å². The number of rotatable bonds is 11. The maximum atomic E-state index is 2.31. The minimum Gasteiger partial charge on any atom is -0.240 e. The van der Waals surface area contributed by atoms with Crippen molar-refractivity contribution in [2.75, 3.05) is 0 Å². The lowest BCUT2D eigenvalue weighted by molar-refractivity contribution is -0.697. The third-order valence-electron chi connectivity index (χ3n) is 5.29. The van der Waals surface area contributed by atoms with Crippen LogP contribution in [0.5, 0.6) is 0 Å². The number of hydrogen-bond donors (Lipinski definition) is 0. The summed E-state index contributed by atoms with van der Waals surface area (Å²) in [6.07, 6.45) is 22.8. The van der Waals surface area contributed by atoms with Gasteiger partial charge in [0.2, 0.25) is 6.33 Å². The minimum absolute atomic E-state index is 1.10. The first kappa shape index (κ1) is 20.2. The lowest BCUT2D eigenvalue weighted by Crippen LogP contribution is -2.33. The number of pyridine rings is 2. The van der Waals surface area contributed by atoms with Crippen LogP contribution < -0.4 is 13.7 Å². The molecule has 3 heterocycles. The average Bonchev–Trinajstić information content (AvgIpc) is 3.15. The predicted octanol–water partition coefficient (Wildman–Crippen LogP) is 3.62. The molecule has 148 valence electrons. The molecule has 0 radical (unpaired) electrons. The number of nitrogens with zero attached hydrogens (tertiary/aromatic N) is 4. The van der Waals surface area contributed by atoms with Crippen molar-refractivity contribution in [1.82, 2.24) is 4.57 Å². The van der Waals surface area contributed by atoms with E-state index in [1.54, 1.807) is 0 Å². The van der Waals surface area contributed by atoms with E-state index in [-0.39, 0.29) is 0 Å². The van der Waals surface area contributed by atoms with Crippen molar-refractivity contribution in [1.29, 1.82) is 0 Å². The highest BCUT2D eigenvalue weighted by Crippen LogP contribution is 2.15. The molecule has 4 nitrogen and oxygen atoms in total. The van der Waals surface area contributed by atoms with E-state index in [2.05, 4.69) is 100 Å². The van der Waals surface area contributed by atoms with Crippen LogP contribution >= 0.6 is 0 Å². The van der Waals surface area contributed by atoms with Crippen LogP contribution in [0.15, 0.2) is 67.8 Å². The SMILES string of the molecule is CCCC[n+]1ccc(-c2cc[n+](CCCCCCn3cc[n+](C)c3)cc2)cc1. The van der Waals surface area contributed by atoms with E-state index in [4.69, 9.17) is 0 Å². The van der Waals surface area contributed by atoms with E-state index in [0.29, 0.717) is 0 Å². The molecule has 0 fully saturated rings. The summed E-state index contributed by atoms with van der Waals surface area (Å²) in [6, 6.07) is 8.91. The van der Waals surface area contributed by atoms with Crippen molar-refractivity contribution in [3.63, 3.8) is 0 Å². The van der Waals surface area contributed by atoms with E-state index < -0.39 is 0 Å². The smallest absolute Gasteiger partial charge is 0.240 e. The minimum atomic E-state index is 1.10. The normalized spacial score (nSPS) is 11.1. The van der Waals surface area contributed by atoms with Crippen molar-refractivity contribution in [2.24, 2.45) is 7.05 Å². The van der Waals surface area contributed by atoms with Gasteiger partial charge in [0.1, 0.15) is 25.5 Å². The van der Waals surface area contributed by atoms with Crippen LogP contribution in [0.3, 0.4) is 0 Å². The van der Waals surface area contributed by atoms with E-state index in [1.807, 2.05) is 0 Å². The van der Waals surface area contributed by atoms with Gasteiger partial charge in [-0.2, -0.15) is 0 Å². The van der Waals surface area contributed by atoms with Gasteiger partial charge in [0.05, 0.1) is 13.6 Å². The monoisotopic (exact) mass is 379 g/mol. The van der Waals surface area contributed by atoms with Gasteiger partial charge in [0, 0.05) is 37.1 Å². The molecule has 0 amide bonds. The van der Waals surface area contributed by atoms with E-state index in [9.17, 15) is 0 Å². The summed E-state index contributed by atoms with van der Waals surface area (Å²) in [7, 11) is 2.07. The molecule has 0 bridgehead atoms. The number of hydrogen-bond acceptors (Lipinski definition) is 0. The van der Waals surface area contributed by atoms with E-state index >= 15 is 0 Å². The molecule has 28 heavy (non-hydrogen) atoms. The zero-order chi connectivity index (χ0) is 19.6. The van der Waals surface area contributed by atoms with Gasteiger partial charge in [-0.3, -0.25) is 0 Å². The Hall–Kier alpha value is -2.49. The van der Waals surface area contributed by atoms with Crippen molar-refractivity contribution in [2.45, 2.75) is 65.1 Å². The highest BCUT2D eigenvalue weighted by Gasteiger charge is 2.06. The summed E-state index contributed by atoms with van der Waals surface area (Å²) in [4.78, 5) is 0. The van der Waals surface area contributed by atoms with Crippen LogP contribution in [0.4, 0.5) is 0 Å². The predicted molar refractivity (Wildman–Crippen MR) is 111 cm³/mol. The highest BCUT2D eigenvalue weighted by atomic mass is 15.1. The van der Waals surface area contributed by atoms with Crippen molar-refractivity contribution >= 4 is 0 Å². The second-order valence-electron chi connectivity index (χ2n) is 7.73. The largest absolute Gasteiger partial charge is 0.243 e. The molecular formula is C24H35N4+3. The van der Waals surface area contributed by atoms with Gasteiger partial charge >= 0.3 is 0 Å². The molecule has 0 unspecified atom stereocenters. The summed E-state index contributed by atoms with van der Waals surface area (Å²) < 4.78 is 8.94. The highest BCUT2D eigenvalue weighted by molar-refractivity contribution is 5.60. The fourth-order valence-corrected chi connectivity index (χ4v) is 3.51. The fraction of sp³-hybridized carbons (Fsp3) is 0.458. The number of unbranched alkanes of at least 4 members (excludes halogenated alkanes) is 4. The second kappa shape index (κ2) is 10.7. The number of imidazole rings is 1. The standard InChI is InChI=1S/C24H35N4/c1-3-4-13-26-16-9-23(10-17-26)24-11-18-27(19-12-24)14-7-5-6-8-15-28-21-20-25(2)22-28/h9-12,16-22H,3-8,13-15H2,1-2H3/q+3. The first-order valence-corrected chi connectivity index (χ1v) is 10.7. The Morgan fingerprint density at radius 1 is 0.714 bits per heavy atom. The molecule has 0 spiro atoms. The van der Waals surface area contributed by atoms with Gasteiger partial charge in [-0.25, -0.2) is 18.3 Å². The summed E-state index contributed by atoms with van der Waals surface area (Å²) in [6.45, 7) is 5.57. The molecule has 0 atom stereocenters. The summed E-state index contributed by atoms with van der Waals surface area (Å²) in [5.74, 6) is 0. The molecule has 3 rings (SSSR count). The number of aromatic nitrogens is 4. The Kier molecular flexibility index (Phi) is 7.77. The molecule has 4 heteroatoms. The van der Waals surface area contributed by atoms with Crippen LogP contribution in [-0.2, 0) is 26.7 Å². The van der Waals surface area contributed by atoms with Crippen molar-refractivity contribution in [3.05, 3.63) is 67.8 Å². The second-order valence-corrected chi connectivity index (χ2v) is 7.73. The molecule has 0 aliphatic rings. The van der Waals surface area contributed by atoms with Gasteiger partial charge in [0.15, 0.2) is 24.8 Å². The lowest BCUT2D eigenvalue weighted by atomic mass is 10.1. The zero-order valence-electron chi connectivity index (χ0n) is 17.5. The van der Waals surface area contributed by atoms with Gasteiger partial charge in [-0.15, -0.1) is 0 Å². The molecule has 0 aliphatic carbocycles. The van der Waals surface area contributed by atoms with Gasteiger partial charge in [-0.1, -0.05) is 13.3 Å². The lowest BCUT2D eigenvalue weighted by Gasteiger charge is -2.02. The molecule has 0 saturated heterocycles. The topological polar surface area (TPSA) is 16.6 Å². The Morgan fingerprint density at radius 3 is 1.82 bits per heavy atom. The zero-order valence-corrected chi connectivity index (χ0v) is 17.5. The Morgan fingerprint density at radius 2 is 1.29 bits per heavy atom. The molecule has 0 aliphatic heterocycles. The van der Waals surface area contributed by atoms with Crippen molar-refractivity contribution in [3.8, 4) is 11.1 Å². The quantitative estimate of drug-likeness (QED) is 0.358. The van der Waals surface area contributed by atoms with E-state index in [1.165, 1.54) is 49.7 Å². The summed E-state index contributed by atoms with van der Waals surface area (Å²) in [5, 5.41) is 0. The Bertz CT molecular complexity index is 819. The third-order valence-corrected chi connectivity index (χ3v) is 5.29. The van der Waals surface area contributed by atoms with Crippen LogP contribution in [0, 0.1) is 0 Å². The Labute approximate surface area is 169 Å². The van der Waals surface area contributed by atoms with Gasteiger partial charge in [0.25, 0.3) is 0 Å². The molecule has 3 aromatic rings. The Balaban J connectivity index is 1.38. The van der Waals surface area contributed by atoms with Gasteiger partial charge in [-0.05, 0) is 30.4 Å². The maximum Gasteiger partial charge on any atom is 0.243 e. The molecule has 0 saturated carbocycles. The molecular weight excluding hydrogens is 344 g/mol. The van der Waals surface area contributed by atoms with E-state index in [0.717, 1.165) is 19.6 Å². The fourth-order valence-electron chi connectivity index (χ4n) is 3.51. The average molecular weight is 380 g/mol. The van der Waals surface area contributed by atoms with Crippen LogP contribution in [0.1, 0.15) is 45.4 Å². The summed E-state index contributed by atoms with van der Waals surface area (Å²) >= 11 is 0. The van der Waals surface area contributed by atoms with Crippen LogP contribution in [0.25, 0.3) is 11.1 Å². The third kappa shape index (κ3) is 6.29. The first-order chi connectivity index (χ1) is 13.7. The first-order valence-electron chi connectivity index (χ1n) is 10.7. The molecule has 0 aromatic carbocycles. The maximum absolute atomic E-state index is 2.31. The number of aryl methyl sites for hydroxylation is 4. The van der Waals surface area contributed by atoms with Gasteiger partial charge < -0.3 is 0 Å². The molecule has 0 N–H and O–H groups in total. The summed E-state index contributed by atoms with van der Waals surface area (Å²) in [5.41, 5.74) is 2.58. The molecule has 3 aromatic heterocycles.